The monoisotopic (exact) mass is 267 g/mol. The number of anilines is 1. The Kier molecular flexibility index (Phi) is 6.93. The first-order chi connectivity index (χ1) is 9.17. The van der Waals surface area contributed by atoms with Crippen molar-refractivity contribution in [3.63, 3.8) is 0 Å². The highest BCUT2D eigenvalue weighted by atomic mass is 19.1. The van der Waals surface area contributed by atoms with Crippen LogP contribution in [0.1, 0.15) is 45.4 Å². The molecule has 0 aliphatic heterocycles. The quantitative estimate of drug-likeness (QED) is 0.719. The zero-order valence-electron chi connectivity index (χ0n) is 11.7. The Labute approximate surface area is 114 Å². The highest BCUT2D eigenvalue weighted by Crippen LogP contribution is 2.25. The molecule has 106 valence electrons. The third kappa shape index (κ3) is 5.73. The largest absolute Gasteiger partial charge is 0.494 e. The van der Waals surface area contributed by atoms with Crippen LogP contribution in [0.5, 0.6) is 5.75 Å². The van der Waals surface area contributed by atoms with Gasteiger partial charge in [0.15, 0.2) is 0 Å². The lowest BCUT2D eigenvalue weighted by atomic mass is 10.1. The van der Waals surface area contributed by atoms with Gasteiger partial charge in [0.05, 0.1) is 12.8 Å². The third-order valence-corrected chi connectivity index (χ3v) is 2.95. The van der Waals surface area contributed by atoms with Gasteiger partial charge in [-0.3, -0.25) is 4.79 Å². The summed E-state index contributed by atoms with van der Waals surface area (Å²) in [5, 5.41) is 2.75. The molecule has 19 heavy (non-hydrogen) atoms. The van der Waals surface area contributed by atoms with Gasteiger partial charge in [0.2, 0.25) is 5.91 Å². The summed E-state index contributed by atoms with van der Waals surface area (Å²) in [6.45, 7) is 2.16. The van der Waals surface area contributed by atoms with Gasteiger partial charge in [0.1, 0.15) is 11.6 Å². The van der Waals surface area contributed by atoms with Crippen molar-refractivity contribution in [3.05, 3.63) is 24.0 Å². The molecule has 0 aliphatic rings. The number of halogens is 1. The third-order valence-electron chi connectivity index (χ3n) is 2.95. The Morgan fingerprint density at radius 1 is 1.26 bits per heavy atom. The molecule has 1 aromatic carbocycles. The molecule has 3 nitrogen and oxygen atoms in total. The smallest absolute Gasteiger partial charge is 0.224 e. The highest BCUT2D eigenvalue weighted by Gasteiger charge is 2.08. The van der Waals surface area contributed by atoms with Gasteiger partial charge >= 0.3 is 0 Å². The van der Waals surface area contributed by atoms with Gasteiger partial charge in [-0.2, -0.15) is 0 Å². The van der Waals surface area contributed by atoms with Crippen LogP contribution in [-0.2, 0) is 4.79 Å². The van der Waals surface area contributed by atoms with Crippen molar-refractivity contribution in [1.82, 2.24) is 0 Å². The molecule has 0 fully saturated rings. The normalized spacial score (nSPS) is 10.3. The molecule has 0 spiro atoms. The SMILES string of the molecule is CCCCCCCC(=O)Nc1ccc(F)cc1OC. The topological polar surface area (TPSA) is 38.3 Å². The van der Waals surface area contributed by atoms with E-state index in [0.29, 0.717) is 17.9 Å². The molecular formula is C15H22FNO2. The number of unbranched alkanes of at least 4 members (excludes halogenated alkanes) is 4. The number of rotatable bonds is 8. The van der Waals surface area contributed by atoms with Crippen LogP contribution >= 0.6 is 0 Å². The molecule has 0 unspecified atom stereocenters. The van der Waals surface area contributed by atoms with E-state index in [9.17, 15) is 9.18 Å². The maximum Gasteiger partial charge on any atom is 0.224 e. The summed E-state index contributed by atoms with van der Waals surface area (Å²) in [5.74, 6) is -0.0878. The lowest BCUT2D eigenvalue weighted by Crippen LogP contribution is -2.12. The molecule has 0 heterocycles. The number of ether oxygens (including phenoxy) is 1. The maximum atomic E-state index is 13.0. The maximum absolute atomic E-state index is 13.0. The van der Waals surface area contributed by atoms with Crippen molar-refractivity contribution in [2.24, 2.45) is 0 Å². The van der Waals surface area contributed by atoms with Crippen molar-refractivity contribution < 1.29 is 13.9 Å². The molecule has 1 aromatic rings. The molecule has 1 N–H and O–H groups in total. The fourth-order valence-corrected chi connectivity index (χ4v) is 1.87. The van der Waals surface area contributed by atoms with Crippen molar-refractivity contribution in [2.75, 3.05) is 12.4 Å². The number of carbonyl (C=O) groups is 1. The zero-order chi connectivity index (χ0) is 14.1. The van der Waals surface area contributed by atoms with Crippen molar-refractivity contribution in [2.45, 2.75) is 45.4 Å². The Hall–Kier alpha value is -1.58. The molecule has 1 rings (SSSR count). The fourth-order valence-electron chi connectivity index (χ4n) is 1.87. The van der Waals surface area contributed by atoms with Crippen molar-refractivity contribution in [1.29, 1.82) is 0 Å². The molecule has 0 aromatic heterocycles. The van der Waals surface area contributed by atoms with E-state index in [0.717, 1.165) is 12.8 Å². The first-order valence-corrected chi connectivity index (χ1v) is 6.80. The van der Waals surface area contributed by atoms with E-state index in [1.165, 1.54) is 44.6 Å². The van der Waals surface area contributed by atoms with Gasteiger partial charge in [0, 0.05) is 12.5 Å². The van der Waals surface area contributed by atoms with Gasteiger partial charge in [-0.05, 0) is 18.6 Å². The molecule has 4 heteroatoms. The first kappa shape index (κ1) is 15.5. The summed E-state index contributed by atoms with van der Waals surface area (Å²) in [7, 11) is 1.45. The average molecular weight is 267 g/mol. The second-order valence-corrected chi connectivity index (χ2v) is 4.56. The number of hydrogen-bond acceptors (Lipinski definition) is 2. The summed E-state index contributed by atoms with van der Waals surface area (Å²) < 4.78 is 18.0. The van der Waals surface area contributed by atoms with E-state index in [4.69, 9.17) is 4.74 Å². The summed E-state index contributed by atoms with van der Waals surface area (Å²) in [6, 6.07) is 4.08. The number of hydrogen-bond donors (Lipinski definition) is 1. The fraction of sp³-hybridized carbons (Fsp3) is 0.533. The van der Waals surface area contributed by atoms with Gasteiger partial charge in [-0.25, -0.2) is 4.39 Å². The second-order valence-electron chi connectivity index (χ2n) is 4.56. The molecule has 0 atom stereocenters. The second kappa shape index (κ2) is 8.51. The highest BCUT2D eigenvalue weighted by molar-refractivity contribution is 5.92. The predicted octanol–water partition coefficient (Wildman–Crippen LogP) is 4.13. The van der Waals surface area contributed by atoms with E-state index >= 15 is 0 Å². The van der Waals surface area contributed by atoms with Crippen LogP contribution in [0.3, 0.4) is 0 Å². The van der Waals surface area contributed by atoms with Crippen LogP contribution in [0.15, 0.2) is 18.2 Å². The van der Waals surface area contributed by atoms with E-state index in [1.54, 1.807) is 0 Å². The van der Waals surface area contributed by atoms with Gasteiger partial charge in [-0.1, -0.05) is 32.6 Å². The van der Waals surface area contributed by atoms with Crippen molar-refractivity contribution in [3.8, 4) is 5.75 Å². The van der Waals surface area contributed by atoms with Gasteiger partial charge in [0.25, 0.3) is 0 Å². The number of nitrogens with one attached hydrogen (secondary N) is 1. The molecule has 0 aliphatic carbocycles. The molecule has 1 amide bonds. The summed E-state index contributed by atoms with van der Waals surface area (Å²) in [4.78, 5) is 11.7. The molecule has 0 saturated carbocycles. The Morgan fingerprint density at radius 2 is 2.00 bits per heavy atom. The summed E-state index contributed by atoms with van der Waals surface area (Å²) in [6.07, 6.45) is 6.03. The number of methoxy groups -OCH3 is 1. The summed E-state index contributed by atoms with van der Waals surface area (Å²) in [5.41, 5.74) is 0.516. The van der Waals surface area contributed by atoms with Crippen LogP contribution < -0.4 is 10.1 Å². The lowest BCUT2D eigenvalue weighted by molar-refractivity contribution is -0.116. The minimum absolute atomic E-state index is 0.0543. The number of amides is 1. The Bertz CT molecular complexity index is 407. The first-order valence-electron chi connectivity index (χ1n) is 6.80. The van der Waals surface area contributed by atoms with E-state index in [2.05, 4.69) is 12.2 Å². The molecule has 0 bridgehead atoms. The average Bonchev–Trinajstić information content (AvgIpc) is 2.40. The molecular weight excluding hydrogens is 245 g/mol. The van der Waals surface area contributed by atoms with Crippen LogP contribution in [0, 0.1) is 5.82 Å². The Balaban J connectivity index is 2.39. The van der Waals surface area contributed by atoms with Crippen LogP contribution in [0.4, 0.5) is 10.1 Å². The predicted molar refractivity (Wildman–Crippen MR) is 75.0 cm³/mol. The zero-order valence-corrected chi connectivity index (χ0v) is 11.7. The van der Waals surface area contributed by atoms with Crippen LogP contribution in [0.2, 0.25) is 0 Å². The lowest BCUT2D eigenvalue weighted by Gasteiger charge is -2.10. The number of carbonyl (C=O) groups excluding carboxylic acids is 1. The summed E-state index contributed by atoms with van der Waals surface area (Å²) >= 11 is 0. The van der Waals surface area contributed by atoms with Gasteiger partial charge < -0.3 is 10.1 Å². The van der Waals surface area contributed by atoms with E-state index in [-0.39, 0.29) is 11.7 Å². The molecule has 0 saturated heterocycles. The van der Waals surface area contributed by atoms with E-state index in [1.807, 2.05) is 0 Å². The standard InChI is InChI=1S/C15H22FNO2/c1-3-4-5-6-7-8-15(18)17-13-10-9-12(16)11-14(13)19-2/h9-11H,3-8H2,1-2H3,(H,17,18). The van der Waals surface area contributed by atoms with Crippen LogP contribution in [-0.4, -0.2) is 13.0 Å². The van der Waals surface area contributed by atoms with E-state index < -0.39 is 0 Å². The van der Waals surface area contributed by atoms with Crippen molar-refractivity contribution >= 4 is 11.6 Å². The minimum Gasteiger partial charge on any atom is -0.494 e. The number of benzene rings is 1. The minimum atomic E-state index is -0.380. The van der Waals surface area contributed by atoms with Gasteiger partial charge in [-0.15, -0.1) is 0 Å². The Morgan fingerprint density at radius 3 is 2.68 bits per heavy atom. The van der Waals surface area contributed by atoms with Crippen LogP contribution in [0.25, 0.3) is 0 Å². The molecule has 0 radical (unpaired) electrons.